The van der Waals surface area contributed by atoms with Gasteiger partial charge in [-0.15, -0.1) is 0 Å². The molecule has 0 saturated heterocycles. The Balaban J connectivity index is 2.99. The molecule has 90 valence electrons. The third-order valence-electron chi connectivity index (χ3n) is 2.82. The standard InChI is InChI=1S/C13H22N2O/c1-9-6-10(2)13(11(3)7-9)12(8-14)15-4-5-16/h6-7,12,15-16H,4-5,8,14H2,1-3H3. The smallest absolute Gasteiger partial charge is 0.0556 e. The Morgan fingerprint density at radius 3 is 2.25 bits per heavy atom. The molecule has 1 atom stereocenters. The van der Waals surface area contributed by atoms with Gasteiger partial charge in [0, 0.05) is 19.1 Å². The summed E-state index contributed by atoms with van der Waals surface area (Å²) in [5.41, 5.74) is 10.8. The number of nitrogens with one attached hydrogen (secondary N) is 1. The van der Waals surface area contributed by atoms with Gasteiger partial charge in [-0.05, 0) is 37.5 Å². The maximum absolute atomic E-state index is 8.84. The highest BCUT2D eigenvalue weighted by Gasteiger charge is 2.14. The molecular weight excluding hydrogens is 200 g/mol. The predicted octanol–water partition coefficient (Wildman–Crippen LogP) is 1.19. The number of aliphatic hydroxyl groups excluding tert-OH is 1. The van der Waals surface area contributed by atoms with Crippen LogP contribution in [0.25, 0.3) is 0 Å². The molecule has 0 amide bonds. The van der Waals surface area contributed by atoms with Gasteiger partial charge in [-0.3, -0.25) is 0 Å². The number of hydrogen-bond donors (Lipinski definition) is 3. The first-order valence-electron chi connectivity index (χ1n) is 5.72. The van der Waals surface area contributed by atoms with Gasteiger partial charge in [0.15, 0.2) is 0 Å². The first-order chi connectivity index (χ1) is 7.60. The molecule has 0 bridgehead atoms. The van der Waals surface area contributed by atoms with E-state index in [-0.39, 0.29) is 12.6 Å². The molecule has 0 aliphatic rings. The summed E-state index contributed by atoms with van der Waals surface area (Å²) in [7, 11) is 0. The second kappa shape index (κ2) is 5.99. The SMILES string of the molecule is Cc1cc(C)c(C(CN)NCCO)c(C)c1. The van der Waals surface area contributed by atoms with Crippen molar-refractivity contribution >= 4 is 0 Å². The van der Waals surface area contributed by atoms with Crippen LogP contribution in [-0.2, 0) is 0 Å². The van der Waals surface area contributed by atoms with Gasteiger partial charge in [-0.2, -0.15) is 0 Å². The summed E-state index contributed by atoms with van der Waals surface area (Å²) >= 11 is 0. The lowest BCUT2D eigenvalue weighted by atomic mass is 9.94. The number of aryl methyl sites for hydroxylation is 3. The van der Waals surface area contributed by atoms with Gasteiger partial charge in [-0.1, -0.05) is 17.7 Å². The third kappa shape index (κ3) is 3.04. The molecule has 0 aromatic heterocycles. The highest BCUT2D eigenvalue weighted by atomic mass is 16.3. The van der Waals surface area contributed by atoms with Crippen molar-refractivity contribution in [1.29, 1.82) is 0 Å². The zero-order valence-corrected chi connectivity index (χ0v) is 10.4. The van der Waals surface area contributed by atoms with Crippen molar-refractivity contribution in [2.24, 2.45) is 5.73 Å². The lowest BCUT2D eigenvalue weighted by molar-refractivity contribution is 0.285. The van der Waals surface area contributed by atoms with Crippen LogP contribution in [0.5, 0.6) is 0 Å². The number of nitrogens with two attached hydrogens (primary N) is 1. The van der Waals surface area contributed by atoms with E-state index in [9.17, 15) is 0 Å². The van der Waals surface area contributed by atoms with Gasteiger partial charge in [0.2, 0.25) is 0 Å². The van der Waals surface area contributed by atoms with E-state index in [4.69, 9.17) is 10.8 Å². The van der Waals surface area contributed by atoms with Gasteiger partial charge in [0.25, 0.3) is 0 Å². The van der Waals surface area contributed by atoms with E-state index in [1.54, 1.807) is 0 Å². The van der Waals surface area contributed by atoms with Crippen LogP contribution in [0, 0.1) is 20.8 Å². The Morgan fingerprint density at radius 1 is 1.25 bits per heavy atom. The molecular formula is C13H22N2O. The normalized spacial score (nSPS) is 12.8. The average molecular weight is 222 g/mol. The van der Waals surface area contributed by atoms with Gasteiger partial charge < -0.3 is 16.2 Å². The van der Waals surface area contributed by atoms with E-state index in [0.717, 1.165) is 0 Å². The summed E-state index contributed by atoms with van der Waals surface area (Å²) in [5, 5.41) is 12.1. The minimum Gasteiger partial charge on any atom is -0.395 e. The fourth-order valence-corrected chi connectivity index (χ4v) is 2.28. The molecule has 0 saturated carbocycles. The van der Waals surface area contributed by atoms with Crippen LogP contribution >= 0.6 is 0 Å². The van der Waals surface area contributed by atoms with E-state index in [1.165, 1.54) is 22.3 Å². The highest BCUT2D eigenvalue weighted by molar-refractivity contribution is 5.39. The summed E-state index contributed by atoms with van der Waals surface area (Å²) in [6.07, 6.45) is 0. The number of aliphatic hydroxyl groups is 1. The highest BCUT2D eigenvalue weighted by Crippen LogP contribution is 2.22. The second-order valence-corrected chi connectivity index (χ2v) is 4.28. The van der Waals surface area contributed by atoms with Crippen LogP contribution in [-0.4, -0.2) is 24.8 Å². The molecule has 0 radical (unpaired) electrons. The first kappa shape index (κ1) is 13.2. The molecule has 0 fully saturated rings. The molecule has 16 heavy (non-hydrogen) atoms. The monoisotopic (exact) mass is 222 g/mol. The molecule has 4 N–H and O–H groups in total. The van der Waals surface area contributed by atoms with Gasteiger partial charge >= 0.3 is 0 Å². The average Bonchev–Trinajstić information content (AvgIpc) is 2.21. The van der Waals surface area contributed by atoms with Crippen LogP contribution in [0.1, 0.15) is 28.3 Å². The summed E-state index contributed by atoms with van der Waals surface area (Å²) in [6.45, 7) is 7.58. The number of hydrogen-bond acceptors (Lipinski definition) is 3. The summed E-state index contributed by atoms with van der Waals surface area (Å²) in [6, 6.07) is 4.48. The summed E-state index contributed by atoms with van der Waals surface area (Å²) in [4.78, 5) is 0. The van der Waals surface area contributed by atoms with Crippen molar-refractivity contribution in [3.05, 3.63) is 34.4 Å². The number of rotatable bonds is 5. The van der Waals surface area contributed by atoms with Crippen molar-refractivity contribution in [1.82, 2.24) is 5.32 Å². The van der Waals surface area contributed by atoms with Crippen molar-refractivity contribution in [2.75, 3.05) is 19.7 Å². The van der Waals surface area contributed by atoms with E-state index in [0.29, 0.717) is 13.1 Å². The molecule has 1 aromatic carbocycles. The largest absolute Gasteiger partial charge is 0.395 e. The lowest BCUT2D eigenvalue weighted by Gasteiger charge is -2.21. The third-order valence-corrected chi connectivity index (χ3v) is 2.82. The Labute approximate surface area is 97.7 Å². The van der Waals surface area contributed by atoms with E-state index in [1.807, 2.05) is 0 Å². The Kier molecular flexibility index (Phi) is 4.93. The maximum atomic E-state index is 8.84. The van der Waals surface area contributed by atoms with Crippen molar-refractivity contribution in [3.8, 4) is 0 Å². The fourth-order valence-electron chi connectivity index (χ4n) is 2.28. The van der Waals surface area contributed by atoms with E-state index < -0.39 is 0 Å². The maximum Gasteiger partial charge on any atom is 0.0556 e. The van der Waals surface area contributed by atoms with Crippen LogP contribution in [0.15, 0.2) is 12.1 Å². The van der Waals surface area contributed by atoms with Gasteiger partial charge in [0.05, 0.1) is 6.61 Å². The first-order valence-corrected chi connectivity index (χ1v) is 5.72. The van der Waals surface area contributed by atoms with Crippen molar-refractivity contribution in [2.45, 2.75) is 26.8 Å². The van der Waals surface area contributed by atoms with E-state index >= 15 is 0 Å². The van der Waals surface area contributed by atoms with Crippen LogP contribution < -0.4 is 11.1 Å². The Hall–Kier alpha value is -0.900. The van der Waals surface area contributed by atoms with Crippen LogP contribution in [0.2, 0.25) is 0 Å². The van der Waals surface area contributed by atoms with Gasteiger partial charge in [-0.25, -0.2) is 0 Å². The molecule has 1 rings (SSSR count). The lowest BCUT2D eigenvalue weighted by Crippen LogP contribution is -2.31. The second-order valence-electron chi connectivity index (χ2n) is 4.28. The molecule has 0 aliphatic heterocycles. The topological polar surface area (TPSA) is 58.3 Å². The minimum absolute atomic E-state index is 0.132. The fraction of sp³-hybridized carbons (Fsp3) is 0.538. The summed E-state index contributed by atoms with van der Waals surface area (Å²) < 4.78 is 0. The van der Waals surface area contributed by atoms with Crippen molar-refractivity contribution < 1.29 is 5.11 Å². The zero-order chi connectivity index (χ0) is 12.1. The minimum atomic E-state index is 0.132. The van der Waals surface area contributed by atoms with Crippen molar-refractivity contribution in [3.63, 3.8) is 0 Å². The van der Waals surface area contributed by atoms with Crippen LogP contribution in [0.4, 0.5) is 0 Å². The molecule has 1 unspecified atom stereocenters. The molecule has 3 nitrogen and oxygen atoms in total. The Bertz CT molecular complexity index is 327. The Morgan fingerprint density at radius 2 is 1.81 bits per heavy atom. The predicted molar refractivity (Wildman–Crippen MR) is 67.5 cm³/mol. The number of benzene rings is 1. The van der Waals surface area contributed by atoms with Crippen LogP contribution in [0.3, 0.4) is 0 Å². The molecule has 0 heterocycles. The zero-order valence-electron chi connectivity index (χ0n) is 10.4. The quantitative estimate of drug-likeness (QED) is 0.701. The van der Waals surface area contributed by atoms with E-state index in [2.05, 4.69) is 38.2 Å². The molecule has 3 heteroatoms. The van der Waals surface area contributed by atoms with Gasteiger partial charge in [0.1, 0.15) is 0 Å². The molecule has 1 aromatic rings. The summed E-state index contributed by atoms with van der Waals surface area (Å²) in [5.74, 6) is 0. The molecule has 0 aliphatic carbocycles. The molecule has 0 spiro atoms.